The van der Waals surface area contributed by atoms with Crippen molar-refractivity contribution in [3.63, 3.8) is 0 Å². The van der Waals surface area contributed by atoms with Crippen LogP contribution in [0.2, 0.25) is 0 Å². The van der Waals surface area contributed by atoms with Gasteiger partial charge in [-0.1, -0.05) is 19.1 Å². The van der Waals surface area contributed by atoms with Crippen molar-refractivity contribution in [3.05, 3.63) is 47.3 Å². The number of aromatic nitrogens is 1. The lowest BCUT2D eigenvalue weighted by Crippen LogP contribution is -2.24. The number of para-hydroxylation sites is 2. The maximum absolute atomic E-state index is 12.0. The topological polar surface area (TPSA) is 40.5 Å². The second-order valence-electron chi connectivity index (χ2n) is 5.30. The second-order valence-corrected chi connectivity index (χ2v) is 5.30. The standard InChI is InChI=1S/C17H19NO3/c1-4-13(19)12-9-11(2)17(18(12)3)16-10-20-14-7-5-6-8-15(14)21-16/h5-9,16H,4,10H2,1-3H3. The van der Waals surface area contributed by atoms with Crippen LogP contribution >= 0.6 is 0 Å². The summed E-state index contributed by atoms with van der Waals surface area (Å²) in [6.07, 6.45) is 0.310. The van der Waals surface area contributed by atoms with Gasteiger partial charge in [-0.2, -0.15) is 0 Å². The molecule has 0 saturated heterocycles. The molecule has 1 aliphatic heterocycles. The lowest BCUT2D eigenvalue weighted by Gasteiger charge is -2.27. The van der Waals surface area contributed by atoms with E-state index >= 15 is 0 Å². The van der Waals surface area contributed by atoms with Crippen molar-refractivity contribution in [1.82, 2.24) is 4.57 Å². The number of aryl methyl sites for hydroxylation is 1. The van der Waals surface area contributed by atoms with Gasteiger partial charge in [0.2, 0.25) is 0 Å². The summed E-state index contributed by atoms with van der Waals surface area (Å²) in [5.41, 5.74) is 2.79. The molecule has 2 heterocycles. The van der Waals surface area contributed by atoms with Crippen molar-refractivity contribution in [3.8, 4) is 11.5 Å². The number of ether oxygens (including phenoxy) is 2. The highest BCUT2D eigenvalue weighted by Crippen LogP contribution is 2.37. The van der Waals surface area contributed by atoms with Gasteiger partial charge in [-0.15, -0.1) is 0 Å². The molecule has 0 saturated carbocycles. The van der Waals surface area contributed by atoms with E-state index in [1.54, 1.807) is 0 Å². The lowest BCUT2D eigenvalue weighted by atomic mass is 10.1. The maximum Gasteiger partial charge on any atom is 0.178 e. The summed E-state index contributed by atoms with van der Waals surface area (Å²) in [5.74, 6) is 1.66. The summed E-state index contributed by atoms with van der Waals surface area (Å²) in [4.78, 5) is 12.0. The molecular weight excluding hydrogens is 266 g/mol. The van der Waals surface area contributed by atoms with Gasteiger partial charge in [-0.05, 0) is 30.7 Å². The fourth-order valence-corrected chi connectivity index (χ4v) is 2.84. The number of benzene rings is 1. The number of ketones is 1. The van der Waals surface area contributed by atoms with Gasteiger partial charge in [0, 0.05) is 13.5 Å². The van der Waals surface area contributed by atoms with Crippen LogP contribution < -0.4 is 9.47 Å². The highest BCUT2D eigenvalue weighted by molar-refractivity contribution is 5.94. The van der Waals surface area contributed by atoms with Gasteiger partial charge in [-0.3, -0.25) is 4.79 Å². The molecular formula is C17H19NO3. The Morgan fingerprint density at radius 3 is 2.76 bits per heavy atom. The molecule has 0 N–H and O–H groups in total. The first-order valence-corrected chi connectivity index (χ1v) is 7.19. The zero-order valence-corrected chi connectivity index (χ0v) is 12.6. The van der Waals surface area contributed by atoms with E-state index in [4.69, 9.17) is 9.47 Å². The number of rotatable bonds is 3. The van der Waals surface area contributed by atoms with Gasteiger partial charge in [0.25, 0.3) is 0 Å². The molecule has 0 aliphatic carbocycles. The van der Waals surface area contributed by atoms with E-state index < -0.39 is 0 Å². The van der Waals surface area contributed by atoms with Crippen molar-refractivity contribution in [2.75, 3.05) is 6.61 Å². The highest BCUT2D eigenvalue weighted by Gasteiger charge is 2.27. The Bertz CT molecular complexity index is 687. The van der Waals surface area contributed by atoms with Crippen LogP contribution in [0.3, 0.4) is 0 Å². The van der Waals surface area contributed by atoms with Crippen LogP contribution in [0.1, 0.15) is 41.2 Å². The van der Waals surface area contributed by atoms with Gasteiger partial charge in [0.1, 0.15) is 6.61 Å². The van der Waals surface area contributed by atoms with Gasteiger partial charge >= 0.3 is 0 Å². The first kappa shape index (κ1) is 13.7. The second kappa shape index (κ2) is 5.28. The van der Waals surface area contributed by atoms with Crippen molar-refractivity contribution in [2.45, 2.75) is 26.4 Å². The minimum atomic E-state index is -0.191. The summed E-state index contributed by atoms with van der Waals surface area (Å²) < 4.78 is 13.8. The first-order valence-electron chi connectivity index (χ1n) is 7.19. The van der Waals surface area contributed by atoms with E-state index in [1.165, 1.54) is 0 Å². The fourth-order valence-electron chi connectivity index (χ4n) is 2.84. The third-order valence-corrected chi connectivity index (χ3v) is 3.90. The third-order valence-electron chi connectivity index (χ3n) is 3.90. The highest BCUT2D eigenvalue weighted by atomic mass is 16.6. The molecule has 0 bridgehead atoms. The van der Waals surface area contributed by atoms with Gasteiger partial charge in [0.05, 0.1) is 11.4 Å². The Hall–Kier alpha value is -2.23. The molecule has 0 radical (unpaired) electrons. The number of Topliss-reactive ketones (excluding diaryl/α,β-unsaturated/α-hetero) is 1. The number of fused-ring (bicyclic) bond motifs is 1. The van der Waals surface area contributed by atoms with Crippen LogP contribution in [-0.4, -0.2) is 17.0 Å². The molecule has 1 atom stereocenters. The molecule has 0 amide bonds. The molecule has 2 aromatic rings. The summed E-state index contributed by atoms with van der Waals surface area (Å²) in [6, 6.07) is 9.58. The average Bonchev–Trinajstić information content (AvgIpc) is 2.81. The molecule has 1 aliphatic rings. The van der Waals surface area contributed by atoms with Crippen LogP contribution in [0.4, 0.5) is 0 Å². The van der Waals surface area contributed by atoms with Crippen LogP contribution in [0, 0.1) is 6.92 Å². The number of carbonyl (C=O) groups excluding carboxylic acids is 1. The summed E-state index contributed by atoms with van der Waals surface area (Å²) in [5, 5.41) is 0. The predicted octanol–water partition coefficient (Wildman–Crippen LogP) is 3.44. The number of carbonyl (C=O) groups is 1. The summed E-state index contributed by atoms with van der Waals surface area (Å²) in [6.45, 7) is 4.34. The average molecular weight is 285 g/mol. The zero-order valence-electron chi connectivity index (χ0n) is 12.6. The van der Waals surface area contributed by atoms with Crippen LogP contribution in [-0.2, 0) is 7.05 Å². The largest absolute Gasteiger partial charge is 0.485 e. The summed E-state index contributed by atoms with van der Waals surface area (Å²) in [7, 11) is 1.91. The van der Waals surface area contributed by atoms with Crippen LogP contribution in [0.25, 0.3) is 0 Å². The molecule has 3 rings (SSSR count). The Labute approximate surface area is 124 Å². The number of hydrogen-bond donors (Lipinski definition) is 0. The quantitative estimate of drug-likeness (QED) is 0.811. The van der Waals surface area contributed by atoms with Gasteiger partial charge in [0.15, 0.2) is 23.4 Å². The minimum Gasteiger partial charge on any atom is -0.485 e. The van der Waals surface area contributed by atoms with Gasteiger partial charge in [-0.25, -0.2) is 0 Å². The first-order chi connectivity index (χ1) is 10.1. The zero-order chi connectivity index (χ0) is 15.0. The van der Waals surface area contributed by atoms with E-state index in [9.17, 15) is 4.79 Å². The predicted molar refractivity (Wildman–Crippen MR) is 80.1 cm³/mol. The minimum absolute atomic E-state index is 0.143. The molecule has 110 valence electrons. The van der Waals surface area contributed by atoms with Gasteiger partial charge < -0.3 is 14.0 Å². The van der Waals surface area contributed by atoms with E-state index in [2.05, 4.69) is 0 Å². The Kier molecular flexibility index (Phi) is 3.45. The molecule has 1 aromatic carbocycles. The van der Waals surface area contributed by atoms with E-state index in [1.807, 2.05) is 55.8 Å². The van der Waals surface area contributed by atoms with Crippen LogP contribution in [0.15, 0.2) is 30.3 Å². The monoisotopic (exact) mass is 285 g/mol. The molecule has 4 heteroatoms. The Balaban J connectivity index is 1.96. The third kappa shape index (κ3) is 2.31. The normalized spacial score (nSPS) is 16.8. The molecule has 1 unspecified atom stereocenters. The van der Waals surface area contributed by atoms with Crippen molar-refractivity contribution in [1.29, 1.82) is 0 Å². The van der Waals surface area contributed by atoms with Crippen LogP contribution in [0.5, 0.6) is 11.5 Å². The fraction of sp³-hybridized carbons (Fsp3) is 0.353. The molecule has 0 spiro atoms. The summed E-state index contributed by atoms with van der Waals surface area (Å²) >= 11 is 0. The van der Waals surface area contributed by atoms with E-state index in [-0.39, 0.29) is 11.9 Å². The Morgan fingerprint density at radius 1 is 1.33 bits per heavy atom. The van der Waals surface area contributed by atoms with Crippen molar-refractivity contribution >= 4 is 5.78 Å². The SMILES string of the molecule is CCC(=O)c1cc(C)c(C2COc3ccccc3O2)n1C. The van der Waals surface area contributed by atoms with Crippen molar-refractivity contribution < 1.29 is 14.3 Å². The molecule has 0 fully saturated rings. The number of nitrogens with zero attached hydrogens (tertiary/aromatic N) is 1. The van der Waals surface area contributed by atoms with E-state index in [0.717, 1.165) is 28.5 Å². The van der Waals surface area contributed by atoms with Crippen molar-refractivity contribution in [2.24, 2.45) is 7.05 Å². The Morgan fingerprint density at radius 2 is 2.05 bits per heavy atom. The maximum atomic E-state index is 12.0. The molecule has 1 aromatic heterocycles. The molecule has 4 nitrogen and oxygen atoms in total. The smallest absolute Gasteiger partial charge is 0.178 e. The van der Waals surface area contributed by atoms with E-state index in [0.29, 0.717) is 13.0 Å². The molecule has 21 heavy (non-hydrogen) atoms. The number of hydrogen-bond acceptors (Lipinski definition) is 3. The lowest BCUT2D eigenvalue weighted by molar-refractivity contribution is 0.0851.